The normalized spacial score (nSPS) is 9.31. The molecule has 1 aromatic rings. The molecule has 4 heteroatoms. The minimum Gasteiger partial charge on any atom is -0.426 e. The largest absolute Gasteiger partial charge is 0.426 e. The van der Waals surface area contributed by atoms with Gasteiger partial charge in [-0.3, -0.25) is 9.59 Å². The van der Waals surface area contributed by atoms with E-state index in [9.17, 15) is 9.59 Å². The molecule has 0 bridgehead atoms. The van der Waals surface area contributed by atoms with Gasteiger partial charge in [0.2, 0.25) is 5.24 Å². The summed E-state index contributed by atoms with van der Waals surface area (Å²) in [5.74, 6) is -0.239. The van der Waals surface area contributed by atoms with E-state index in [0.717, 1.165) is 0 Å². The molecule has 3 nitrogen and oxygen atoms in total. The fourth-order valence-corrected chi connectivity index (χ4v) is 0.879. The highest BCUT2D eigenvalue weighted by molar-refractivity contribution is 6.64. The summed E-state index contributed by atoms with van der Waals surface area (Å²) in [5, 5.41) is -0.721. The van der Waals surface area contributed by atoms with Gasteiger partial charge in [-0.25, -0.2) is 0 Å². The zero-order valence-corrected chi connectivity index (χ0v) is 7.45. The SMILES string of the molecule is O=C(Cl)CC(=O)Oc1ccccc1. The van der Waals surface area contributed by atoms with Crippen molar-refractivity contribution in [2.45, 2.75) is 6.42 Å². The zero-order chi connectivity index (χ0) is 9.68. The summed E-state index contributed by atoms with van der Waals surface area (Å²) in [6, 6.07) is 8.49. The lowest BCUT2D eigenvalue weighted by molar-refractivity contribution is -0.136. The molecule has 0 saturated heterocycles. The molecule has 0 heterocycles. The van der Waals surface area contributed by atoms with Gasteiger partial charge in [0, 0.05) is 0 Å². The molecule has 1 rings (SSSR count). The van der Waals surface area contributed by atoms with E-state index >= 15 is 0 Å². The molecule has 13 heavy (non-hydrogen) atoms. The molecule has 0 fully saturated rings. The van der Waals surface area contributed by atoms with Gasteiger partial charge in [-0.05, 0) is 23.7 Å². The van der Waals surface area contributed by atoms with Crippen molar-refractivity contribution >= 4 is 22.8 Å². The van der Waals surface area contributed by atoms with Crippen molar-refractivity contribution < 1.29 is 14.3 Å². The molecule has 0 atom stereocenters. The van der Waals surface area contributed by atoms with Crippen LogP contribution in [0.15, 0.2) is 30.3 Å². The highest BCUT2D eigenvalue weighted by Crippen LogP contribution is 2.09. The molecule has 0 N–H and O–H groups in total. The van der Waals surface area contributed by atoms with E-state index in [2.05, 4.69) is 0 Å². The number of ether oxygens (including phenoxy) is 1. The van der Waals surface area contributed by atoms with Crippen molar-refractivity contribution in [3.63, 3.8) is 0 Å². The number of carbonyl (C=O) groups excluding carboxylic acids is 2. The number of hydrogen-bond donors (Lipinski definition) is 0. The number of esters is 1. The molecule has 0 radical (unpaired) electrons. The Hall–Kier alpha value is -1.35. The van der Waals surface area contributed by atoms with E-state index < -0.39 is 17.6 Å². The summed E-state index contributed by atoms with van der Waals surface area (Å²) in [6.45, 7) is 0. The number of para-hydroxylation sites is 1. The molecule has 0 aromatic heterocycles. The van der Waals surface area contributed by atoms with Crippen molar-refractivity contribution in [3.8, 4) is 5.75 Å². The molecule has 68 valence electrons. The standard InChI is InChI=1S/C9H7ClO3/c10-8(11)6-9(12)13-7-4-2-1-3-5-7/h1-5H,6H2. The van der Waals surface area contributed by atoms with Crippen molar-refractivity contribution in [1.29, 1.82) is 0 Å². The second-order valence-electron chi connectivity index (χ2n) is 2.32. The molecule has 0 aliphatic carbocycles. The van der Waals surface area contributed by atoms with Crippen LogP contribution in [0, 0.1) is 0 Å². The van der Waals surface area contributed by atoms with E-state index in [1.165, 1.54) is 0 Å². The monoisotopic (exact) mass is 198 g/mol. The van der Waals surface area contributed by atoms with Gasteiger partial charge < -0.3 is 4.74 Å². The Morgan fingerprint density at radius 3 is 2.38 bits per heavy atom. The van der Waals surface area contributed by atoms with Gasteiger partial charge in [-0.2, -0.15) is 0 Å². The molecular weight excluding hydrogens is 192 g/mol. The Bertz CT molecular complexity index is 308. The van der Waals surface area contributed by atoms with Crippen molar-refractivity contribution in [3.05, 3.63) is 30.3 Å². The predicted octanol–water partition coefficient (Wildman–Crippen LogP) is 1.75. The Balaban J connectivity index is 2.50. The molecule has 0 aliphatic heterocycles. The number of halogens is 1. The van der Waals surface area contributed by atoms with E-state index in [0.29, 0.717) is 5.75 Å². The quantitative estimate of drug-likeness (QED) is 0.322. The fraction of sp³-hybridized carbons (Fsp3) is 0.111. The van der Waals surface area contributed by atoms with Gasteiger partial charge in [-0.15, -0.1) is 0 Å². The van der Waals surface area contributed by atoms with Crippen LogP contribution in [0.1, 0.15) is 6.42 Å². The lowest BCUT2D eigenvalue weighted by Gasteiger charge is -2.00. The first-order valence-electron chi connectivity index (χ1n) is 3.62. The number of benzene rings is 1. The van der Waals surface area contributed by atoms with E-state index in [4.69, 9.17) is 16.3 Å². The Kier molecular flexibility index (Phi) is 3.46. The van der Waals surface area contributed by atoms with Crippen LogP contribution in [0.3, 0.4) is 0 Å². The Morgan fingerprint density at radius 1 is 1.23 bits per heavy atom. The minimum atomic E-state index is -0.721. The van der Waals surface area contributed by atoms with E-state index in [1.54, 1.807) is 30.3 Å². The van der Waals surface area contributed by atoms with Crippen LogP contribution >= 0.6 is 11.6 Å². The van der Waals surface area contributed by atoms with Crippen LogP contribution in [0.5, 0.6) is 5.75 Å². The average molecular weight is 199 g/mol. The maximum absolute atomic E-state index is 10.9. The highest BCUT2D eigenvalue weighted by atomic mass is 35.5. The van der Waals surface area contributed by atoms with Crippen LogP contribution in [0.25, 0.3) is 0 Å². The molecule has 0 unspecified atom stereocenters. The molecular formula is C9H7ClO3. The van der Waals surface area contributed by atoms with Crippen LogP contribution < -0.4 is 4.74 Å². The first kappa shape index (κ1) is 9.74. The third kappa shape index (κ3) is 3.71. The lowest BCUT2D eigenvalue weighted by Crippen LogP contribution is -2.10. The molecule has 0 saturated carbocycles. The summed E-state index contributed by atoms with van der Waals surface area (Å²) in [6.07, 6.45) is -0.406. The summed E-state index contributed by atoms with van der Waals surface area (Å²) in [4.78, 5) is 21.2. The smallest absolute Gasteiger partial charge is 0.320 e. The van der Waals surface area contributed by atoms with E-state index in [-0.39, 0.29) is 0 Å². The van der Waals surface area contributed by atoms with Gasteiger partial charge >= 0.3 is 5.97 Å². The minimum absolute atomic E-state index is 0.406. The predicted molar refractivity (Wildman–Crippen MR) is 47.6 cm³/mol. The average Bonchev–Trinajstić information content (AvgIpc) is 2.04. The number of hydrogen-bond acceptors (Lipinski definition) is 3. The number of rotatable bonds is 3. The Labute approximate surface area is 80.3 Å². The topological polar surface area (TPSA) is 43.4 Å². The summed E-state index contributed by atoms with van der Waals surface area (Å²) < 4.78 is 4.78. The summed E-state index contributed by atoms with van der Waals surface area (Å²) >= 11 is 5.00. The summed E-state index contributed by atoms with van der Waals surface area (Å²) in [5.41, 5.74) is 0. The van der Waals surface area contributed by atoms with Gasteiger partial charge in [0.05, 0.1) is 0 Å². The van der Waals surface area contributed by atoms with Gasteiger partial charge in [0.1, 0.15) is 12.2 Å². The van der Waals surface area contributed by atoms with Crippen molar-refractivity contribution in [2.75, 3.05) is 0 Å². The van der Waals surface area contributed by atoms with Crippen molar-refractivity contribution in [1.82, 2.24) is 0 Å². The van der Waals surface area contributed by atoms with Crippen LogP contribution in [-0.4, -0.2) is 11.2 Å². The molecule has 0 spiro atoms. The first-order chi connectivity index (χ1) is 6.18. The van der Waals surface area contributed by atoms with Gasteiger partial charge in [-0.1, -0.05) is 18.2 Å². The van der Waals surface area contributed by atoms with Gasteiger partial charge in [0.25, 0.3) is 0 Å². The van der Waals surface area contributed by atoms with Gasteiger partial charge in [0.15, 0.2) is 0 Å². The third-order valence-corrected chi connectivity index (χ3v) is 1.39. The first-order valence-corrected chi connectivity index (χ1v) is 4.00. The maximum atomic E-state index is 10.9. The molecule has 1 aromatic carbocycles. The molecule has 0 amide bonds. The van der Waals surface area contributed by atoms with E-state index in [1.807, 2.05) is 0 Å². The second kappa shape index (κ2) is 4.62. The molecule has 0 aliphatic rings. The van der Waals surface area contributed by atoms with Crippen LogP contribution in [0.2, 0.25) is 0 Å². The highest BCUT2D eigenvalue weighted by Gasteiger charge is 2.08. The summed E-state index contributed by atoms with van der Waals surface area (Å²) in [7, 11) is 0. The van der Waals surface area contributed by atoms with Crippen molar-refractivity contribution in [2.24, 2.45) is 0 Å². The van der Waals surface area contributed by atoms with Crippen LogP contribution in [-0.2, 0) is 9.59 Å². The lowest BCUT2D eigenvalue weighted by atomic mass is 10.3. The third-order valence-electron chi connectivity index (χ3n) is 1.26. The Morgan fingerprint density at radius 2 is 1.85 bits per heavy atom. The number of carbonyl (C=O) groups is 2. The maximum Gasteiger partial charge on any atom is 0.320 e. The fourth-order valence-electron chi connectivity index (χ4n) is 0.770. The zero-order valence-electron chi connectivity index (χ0n) is 6.70. The second-order valence-corrected chi connectivity index (χ2v) is 2.74. The van der Waals surface area contributed by atoms with Crippen LogP contribution in [0.4, 0.5) is 0 Å².